The molecule has 2 heterocycles. The maximum Gasteiger partial charge on any atom is 0.110 e. The van der Waals surface area contributed by atoms with Gasteiger partial charge in [0.15, 0.2) is 0 Å². The lowest BCUT2D eigenvalue weighted by atomic mass is 10.2. The third kappa shape index (κ3) is 2.56. The van der Waals surface area contributed by atoms with Crippen molar-refractivity contribution in [2.75, 3.05) is 26.2 Å². The lowest BCUT2D eigenvalue weighted by Crippen LogP contribution is -2.44. The number of rotatable bonds is 3. The molecule has 0 amide bonds. The molecule has 1 aliphatic rings. The van der Waals surface area contributed by atoms with Gasteiger partial charge in [0.05, 0.1) is 6.04 Å². The Morgan fingerprint density at radius 3 is 2.87 bits per heavy atom. The molecule has 0 radical (unpaired) electrons. The van der Waals surface area contributed by atoms with Crippen LogP contribution in [0, 0.1) is 0 Å². The fourth-order valence-corrected chi connectivity index (χ4v) is 2.85. The number of aromatic nitrogens is 1. The first kappa shape index (κ1) is 11.0. The van der Waals surface area contributed by atoms with E-state index in [2.05, 4.69) is 29.0 Å². The van der Waals surface area contributed by atoms with Crippen LogP contribution in [0.3, 0.4) is 0 Å². The van der Waals surface area contributed by atoms with E-state index in [9.17, 15) is 0 Å². The van der Waals surface area contributed by atoms with Crippen LogP contribution in [0.2, 0.25) is 0 Å². The zero-order chi connectivity index (χ0) is 10.7. The molecule has 1 aliphatic heterocycles. The maximum atomic E-state index is 4.52. The number of hydrogen-bond donors (Lipinski definition) is 1. The Kier molecular flexibility index (Phi) is 3.72. The second-order valence-electron chi connectivity index (χ2n) is 3.98. The van der Waals surface area contributed by atoms with Crippen LogP contribution in [0.15, 0.2) is 6.20 Å². The van der Waals surface area contributed by atoms with Crippen molar-refractivity contribution in [1.82, 2.24) is 15.2 Å². The Morgan fingerprint density at radius 1 is 1.53 bits per heavy atom. The SMILES string of the molecule is CCc1cnc(C(C)N2CCNCC2)s1. The summed E-state index contributed by atoms with van der Waals surface area (Å²) in [6.07, 6.45) is 3.13. The molecule has 15 heavy (non-hydrogen) atoms. The minimum atomic E-state index is 0.484. The fourth-order valence-electron chi connectivity index (χ4n) is 1.90. The lowest BCUT2D eigenvalue weighted by Gasteiger charge is -2.31. The van der Waals surface area contributed by atoms with E-state index in [4.69, 9.17) is 0 Å². The molecule has 1 atom stereocenters. The molecular weight excluding hydrogens is 206 g/mol. The van der Waals surface area contributed by atoms with E-state index in [-0.39, 0.29) is 0 Å². The van der Waals surface area contributed by atoms with E-state index in [0.29, 0.717) is 6.04 Å². The highest BCUT2D eigenvalue weighted by Gasteiger charge is 2.20. The molecule has 3 nitrogen and oxygen atoms in total. The first-order valence-electron chi connectivity index (χ1n) is 5.70. The summed E-state index contributed by atoms with van der Waals surface area (Å²) in [5.41, 5.74) is 0. The number of nitrogens with one attached hydrogen (secondary N) is 1. The highest BCUT2D eigenvalue weighted by atomic mass is 32.1. The highest BCUT2D eigenvalue weighted by molar-refractivity contribution is 7.11. The van der Waals surface area contributed by atoms with Gasteiger partial charge in [-0.05, 0) is 13.3 Å². The quantitative estimate of drug-likeness (QED) is 0.848. The maximum absolute atomic E-state index is 4.52. The van der Waals surface area contributed by atoms with Crippen LogP contribution in [0.25, 0.3) is 0 Å². The van der Waals surface area contributed by atoms with Gasteiger partial charge < -0.3 is 5.32 Å². The number of thiazole rings is 1. The Hall–Kier alpha value is -0.450. The van der Waals surface area contributed by atoms with Crippen molar-refractivity contribution in [1.29, 1.82) is 0 Å². The summed E-state index contributed by atoms with van der Waals surface area (Å²) in [4.78, 5) is 8.42. The molecule has 1 N–H and O–H groups in total. The molecule has 1 fully saturated rings. The minimum Gasteiger partial charge on any atom is -0.314 e. The van der Waals surface area contributed by atoms with Crippen LogP contribution < -0.4 is 5.32 Å². The van der Waals surface area contributed by atoms with Crippen LogP contribution in [-0.2, 0) is 6.42 Å². The normalized spacial score (nSPS) is 20.4. The molecular formula is C11H19N3S. The number of aryl methyl sites for hydroxylation is 1. The molecule has 84 valence electrons. The zero-order valence-electron chi connectivity index (χ0n) is 9.49. The second kappa shape index (κ2) is 5.05. The molecule has 0 bridgehead atoms. The molecule has 4 heteroatoms. The van der Waals surface area contributed by atoms with E-state index >= 15 is 0 Å². The van der Waals surface area contributed by atoms with Gasteiger partial charge in [-0.25, -0.2) is 4.98 Å². The van der Waals surface area contributed by atoms with Crippen LogP contribution in [0.1, 0.15) is 29.8 Å². The van der Waals surface area contributed by atoms with Gasteiger partial charge in [0, 0.05) is 37.3 Å². The van der Waals surface area contributed by atoms with E-state index in [0.717, 1.165) is 32.6 Å². The smallest absolute Gasteiger partial charge is 0.110 e. The number of piperazine rings is 1. The Balaban J connectivity index is 2.02. The topological polar surface area (TPSA) is 28.2 Å². The molecule has 0 aliphatic carbocycles. The first-order valence-corrected chi connectivity index (χ1v) is 6.52. The van der Waals surface area contributed by atoms with Crippen LogP contribution in [0.5, 0.6) is 0 Å². The van der Waals surface area contributed by atoms with Gasteiger partial charge in [0.25, 0.3) is 0 Å². The van der Waals surface area contributed by atoms with Gasteiger partial charge >= 0.3 is 0 Å². The third-order valence-corrected chi connectivity index (χ3v) is 4.29. The Labute approximate surface area is 95.5 Å². The van der Waals surface area contributed by atoms with Gasteiger partial charge in [0.1, 0.15) is 5.01 Å². The predicted molar refractivity (Wildman–Crippen MR) is 64.3 cm³/mol. The van der Waals surface area contributed by atoms with Crippen molar-refractivity contribution in [3.63, 3.8) is 0 Å². The second-order valence-corrected chi connectivity index (χ2v) is 5.13. The monoisotopic (exact) mass is 225 g/mol. The summed E-state index contributed by atoms with van der Waals surface area (Å²) in [7, 11) is 0. The summed E-state index contributed by atoms with van der Waals surface area (Å²) in [6.45, 7) is 8.95. The summed E-state index contributed by atoms with van der Waals surface area (Å²) in [6, 6.07) is 0.484. The first-order chi connectivity index (χ1) is 7.31. The fraction of sp³-hybridized carbons (Fsp3) is 0.727. The largest absolute Gasteiger partial charge is 0.314 e. The zero-order valence-corrected chi connectivity index (χ0v) is 10.3. The van der Waals surface area contributed by atoms with Gasteiger partial charge in [-0.15, -0.1) is 11.3 Å². The Bertz CT molecular complexity index is 305. The minimum absolute atomic E-state index is 0.484. The predicted octanol–water partition coefficient (Wildman–Crippen LogP) is 1.67. The van der Waals surface area contributed by atoms with Crippen molar-refractivity contribution in [3.05, 3.63) is 16.1 Å². The highest BCUT2D eigenvalue weighted by Crippen LogP contribution is 2.25. The standard InChI is InChI=1S/C11H19N3S/c1-3-10-8-13-11(15-10)9(2)14-6-4-12-5-7-14/h8-9,12H,3-7H2,1-2H3. The summed E-state index contributed by atoms with van der Waals surface area (Å²) in [5.74, 6) is 0. The summed E-state index contributed by atoms with van der Waals surface area (Å²) >= 11 is 1.86. The molecule has 0 saturated carbocycles. The van der Waals surface area contributed by atoms with Crippen molar-refractivity contribution < 1.29 is 0 Å². The van der Waals surface area contributed by atoms with Gasteiger partial charge in [-0.1, -0.05) is 6.92 Å². The van der Waals surface area contributed by atoms with E-state index in [1.807, 2.05) is 17.5 Å². The van der Waals surface area contributed by atoms with Crippen molar-refractivity contribution >= 4 is 11.3 Å². The lowest BCUT2D eigenvalue weighted by molar-refractivity contribution is 0.185. The van der Waals surface area contributed by atoms with Crippen molar-refractivity contribution in [2.45, 2.75) is 26.3 Å². The number of nitrogens with zero attached hydrogens (tertiary/aromatic N) is 2. The molecule has 0 spiro atoms. The average molecular weight is 225 g/mol. The third-order valence-electron chi connectivity index (χ3n) is 2.98. The van der Waals surface area contributed by atoms with Crippen LogP contribution in [0.4, 0.5) is 0 Å². The summed E-state index contributed by atoms with van der Waals surface area (Å²) < 4.78 is 0. The average Bonchev–Trinajstić information content (AvgIpc) is 2.78. The van der Waals surface area contributed by atoms with E-state index in [1.165, 1.54) is 9.88 Å². The van der Waals surface area contributed by atoms with E-state index in [1.54, 1.807) is 0 Å². The van der Waals surface area contributed by atoms with E-state index < -0.39 is 0 Å². The van der Waals surface area contributed by atoms with Crippen LogP contribution in [-0.4, -0.2) is 36.1 Å². The Morgan fingerprint density at radius 2 is 2.27 bits per heavy atom. The molecule has 1 aromatic rings. The van der Waals surface area contributed by atoms with Crippen LogP contribution >= 0.6 is 11.3 Å². The van der Waals surface area contributed by atoms with Gasteiger partial charge in [0.2, 0.25) is 0 Å². The van der Waals surface area contributed by atoms with Crippen molar-refractivity contribution in [3.8, 4) is 0 Å². The molecule has 1 saturated heterocycles. The summed E-state index contributed by atoms with van der Waals surface area (Å²) in [5, 5.41) is 4.65. The molecule has 1 aromatic heterocycles. The number of hydrogen-bond acceptors (Lipinski definition) is 4. The van der Waals surface area contributed by atoms with Crippen molar-refractivity contribution in [2.24, 2.45) is 0 Å². The van der Waals surface area contributed by atoms with Gasteiger partial charge in [-0.2, -0.15) is 0 Å². The molecule has 2 rings (SSSR count). The molecule has 0 aromatic carbocycles. The molecule has 1 unspecified atom stereocenters. The van der Waals surface area contributed by atoms with Gasteiger partial charge in [-0.3, -0.25) is 4.90 Å².